The molecule has 1 rings (SSSR count). The minimum absolute atomic E-state index is 0.550. The number of rotatable bonds is 9. The summed E-state index contributed by atoms with van der Waals surface area (Å²) in [5.41, 5.74) is 1.12. The second-order valence-electron chi connectivity index (χ2n) is 4.40. The van der Waals surface area contributed by atoms with Crippen LogP contribution in [0, 0.1) is 0 Å². The first kappa shape index (κ1) is 14.4. The minimum atomic E-state index is 0.550. The van der Waals surface area contributed by atoms with E-state index in [1.807, 2.05) is 24.3 Å². The molecule has 0 aromatic heterocycles. The van der Waals surface area contributed by atoms with Gasteiger partial charge in [-0.25, -0.2) is 0 Å². The fourth-order valence-corrected chi connectivity index (χ4v) is 1.96. The molecule has 0 aliphatic carbocycles. The third-order valence-electron chi connectivity index (χ3n) is 2.82. The zero-order valence-electron chi connectivity index (χ0n) is 10.8. The number of alkyl halides is 1. The van der Waals surface area contributed by atoms with Gasteiger partial charge in [0.2, 0.25) is 0 Å². The summed E-state index contributed by atoms with van der Waals surface area (Å²) in [4.78, 5) is 0. The van der Waals surface area contributed by atoms with Crippen LogP contribution in [0.4, 0.5) is 0 Å². The summed E-state index contributed by atoms with van der Waals surface area (Å²) in [5, 5.41) is 0. The Labute approximate surface area is 110 Å². The molecule has 0 fully saturated rings. The summed E-state index contributed by atoms with van der Waals surface area (Å²) in [6, 6.07) is 8.02. The molecule has 0 amide bonds. The molecular weight excluding hydrogens is 232 g/mol. The first-order valence-electron chi connectivity index (χ1n) is 6.64. The Balaban J connectivity index is 2.09. The molecule has 0 aliphatic heterocycles. The van der Waals surface area contributed by atoms with E-state index in [0.29, 0.717) is 5.88 Å². The molecule has 0 saturated heterocycles. The van der Waals surface area contributed by atoms with E-state index in [1.54, 1.807) is 0 Å². The SMILES string of the molecule is CCCCCCCCOc1cccc(CCl)c1. The number of unbranched alkanes of at least 4 members (excludes halogenated alkanes) is 5. The number of benzene rings is 1. The van der Waals surface area contributed by atoms with Crippen molar-refractivity contribution in [2.24, 2.45) is 0 Å². The van der Waals surface area contributed by atoms with E-state index < -0.39 is 0 Å². The zero-order chi connectivity index (χ0) is 12.3. The maximum Gasteiger partial charge on any atom is 0.119 e. The molecule has 0 N–H and O–H groups in total. The highest BCUT2D eigenvalue weighted by molar-refractivity contribution is 6.17. The molecule has 96 valence electrons. The largest absolute Gasteiger partial charge is 0.494 e. The summed E-state index contributed by atoms with van der Waals surface area (Å²) < 4.78 is 5.70. The van der Waals surface area contributed by atoms with Crippen LogP contribution in [0.3, 0.4) is 0 Å². The van der Waals surface area contributed by atoms with Crippen molar-refractivity contribution >= 4 is 11.6 Å². The quantitative estimate of drug-likeness (QED) is 0.437. The standard InChI is InChI=1S/C15H23ClO/c1-2-3-4-5-6-7-11-17-15-10-8-9-14(12-15)13-16/h8-10,12H,2-7,11,13H2,1H3. The highest BCUT2D eigenvalue weighted by atomic mass is 35.5. The molecule has 0 aliphatic rings. The van der Waals surface area contributed by atoms with Crippen LogP contribution in [0.15, 0.2) is 24.3 Å². The highest BCUT2D eigenvalue weighted by Crippen LogP contribution is 2.15. The third kappa shape index (κ3) is 6.58. The lowest BCUT2D eigenvalue weighted by Gasteiger charge is -2.07. The monoisotopic (exact) mass is 254 g/mol. The van der Waals surface area contributed by atoms with E-state index in [-0.39, 0.29) is 0 Å². The lowest BCUT2D eigenvalue weighted by atomic mass is 10.1. The summed E-state index contributed by atoms with van der Waals surface area (Å²) in [6.45, 7) is 3.06. The van der Waals surface area contributed by atoms with Crippen LogP contribution in [-0.2, 0) is 5.88 Å². The van der Waals surface area contributed by atoms with Crippen molar-refractivity contribution in [1.29, 1.82) is 0 Å². The Hall–Kier alpha value is -0.690. The summed E-state index contributed by atoms with van der Waals surface area (Å²) in [6.07, 6.45) is 7.78. The summed E-state index contributed by atoms with van der Waals surface area (Å²) >= 11 is 5.78. The van der Waals surface area contributed by atoms with Crippen LogP contribution in [0.2, 0.25) is 0 Å². The normalized spacial score (nSPS) is 10.5. The topological polar surface area (TPSA) is 9.23 Å². The molecule has 0 unspecified atom stereocenters. The van der Waals surface area contributed by atoms with Gasteiger partial charge in [0.25, 0.3) is 0 Å². The van der Waals surface area contributed by atoms with Crippen molar-refractivity contribution in [1.82, 2.24) is 0 Å². The molecule has 2 heteroatoms. The second-order valence-corrected chi connectivity index (χ2v) is 4.66. The van der Waals surface area contributed by atoms with Crippen molar-refractivity contribution in [3.63, 3.8) is 0 Å². The number of hydrogen-bond donors (Lipinski definition) is 0. The van der Waals surface area contributed by atoms with Crippen molar-refractivity contribution in [2.75, 3.05) is 6.61 Å². The maximum absolute atomic E-state index is 5.78. The van der Waals surface area contributed by atoms with Crippen LogP contribution in [-0.4, -0.2) is 6.61 Å². The predicted molar refractivity (Wildman–Crippen MR) is 74.9 cm³/mol. The van der Waals surface area contributed by atoms with E-state index in [2.05, 4.69) is 6.92 Å². The van der Waals surface area contributed by atoms with E-state index in [4.69, 9.17) is 16.3 Å². The van der Waals surface area contributed by atoms with Gasteiger partial charge in [-0.15, -0.1) is 11.6 Å². The lowest BCUT2D eigenvalue weighted by molar-refractivity contribution is 0.304. The van der Waals surface area contributed by atoms with Crippen molar-refractivity contribution < 1.29 is 4.74 Å². The second kappa shape index (κ2) is 9.35. The maximum atomic E-state index is 5.78. The van der Waals surface area contributed by atoms with E-state index in [0.717, 1.165) is 24.3 Å². The predicted octanol–water partition coefficient (Wildman–Crippen LogP) is 5.16. The molecule has 1 aromatic carbocycles. The molecule has 17 heavy (non-hydrogen) atoms. The van der Waals surface area contributed by atoms with Crippen LogP contribution >= 0.6 is 11.6 Å². The van der Waals surface area contributed by atoms with Crippen LogP contribution in [0.5, 0.6) is 5.75 Å². The summed E-state index contributed by atoms with van der Waals surface area (Å²) in [5.74, 6) is 1.49. The van der Waals surface area contributed by atoms with Crippen molar-refractivity contribution in [2.45, 2.75) is 51.3 Å². The van der Waals surface area contributed by atoms with Gasteiger partial charge in [0.15, 0.2) is 0 Å². The van der Waals surface area contributed by atoms with Gasteiger partial charge < -0.3 is 4.74 Å². The van der Waals surface area contributed by atoms with E-state index >= 15 is 0 Å². The van der Waals surface area contributed by atoms with Crippen LogP contribution < -0.4 is 4.74 Å². The van der Waals surface area contributed by atoms with Crippen molar-refractivity contribution in [3.05, 3.63) is 29.8 Å². The van der Waals surface area contributed by atoms with Crippen molar-refractivity contribution in [3.8, 4) is 5.75 Å². The van der Waals surface area contributed by atoms with Gasteiger partial charge in [-0.1, -0.05) is 51.2 Å². The van der Waals surface area contributed by atoms with E-state index in [1.165, 1.54) is 32.1 Å². The Bertz CT molecular complexity index is 299. The number of ether oxygens (including phenoxy) is 1. The van der Waals surface area contributed by atoms with E-state index in [9.17, 15) is 0 Å². The Morgan fingerprint density at radius 2 is 1.82 bits per heavy atom. The van der Waals surface area contributed by atoms with Gasteiger partial charge in [-0.3, -0.25) is 0 Å². The molecule has 0 heterocycles. The minimum Gasteiger partial charge on any atom is -0.494 e. The first-order valence-corrected chi connectivity index (χ1v) is 7.18. The van der Waals surface area contributed by atoms with Gasteiger partial charge in [-0.2, -0.15) is 0 Å². The van der Waals surface area contributed by atoms with Gasteiger partial charge in [-0.05, 0) is 24.1 Å². The lowest BCUT2D eigenvalue weighted by Crippen LogP contribution is -1.97. The van der Waals surface area contributed by atoms with Gasteiger partial charge in [0, 0.05) is 5.88 Å². The van der Waals surface area contributed by atoms with Crippen LogP contribution in [0.25, 0.3) is 0 Å². The van der Waals surface area contributed by atoms with Gasteiger partial charge in [0.1, 0.15) is 5.75 Å². The molecule has 0 radical (unpaired) electrons. The number of halogens is 1. The molecule has 0 saturated carbocycles. The molecular formula is C15H23ClO. The Morgan fingerprint density at radius 1 is 1.06 bits per heavy atom. The summed E-state index contributed by atoms with van der Waals surface area (Å²) in [7, 11) is 0. The molecule has 1 nitrogen and oxygen atoms in total. The zero-order valence-corrected chi connectivity index (χ0v) is 11.5. The molecule has 1 aromatic rings. The average molecular weight is 255 g/mol. The highest BCUT2D eigenvalue weighted by Gasteiger charge is 1.96. The fourth-order valence-electron chi connectivity index (χ4n) is 1.79. The van der Waals surface area contributed by atoms with Crippen LogP contribution in [0.1, 0.15) is 51.0 Å². The first-order chi connectivity index (χ1) is 8.36. The van der Waals surface area contributed by atoms with Gasteiger partial charge in [0.05, 0.1) is 6.61 Å². The average Bonchev–Trinajstić information content (AvgIpc) is 2.38. The Kier molecular flexibility index (Phi) is 7.91. The number of hydrogen-bond acceptors (Lipinski definition) is 1. The molecule has 0 bridgehead atoms. The van der Waals surface area contributed by atoms with Gasteiger partial charge >= 0.3 is 0 Å². The Morgan fingerprint density at radius 3 is 2.59 bits per heavy atom. The molecule has 0 spiro atoms. The third-order valence-corrected chi connectivity index (χ3v) is 3.13. The smallest absolute Gasteiger partial charge is 0.119 e. The fraction of sp³-hybridized carbons (Fsp3) is 0.600. The molecule has 0 atom stereocenters.